The van der Waals surface area contributed by atoms with Crippen LogP contribution in [-0.2, 0) is 13.4 Å². The lowest BCUT2D eigenvalue weighted by atomic mass is 9.45. The minimum atomic E-state index is -1.74. The molecule has 4 nitrogen and oxygen atoms in total. The molecule has 0 aromatic rings. The van der Waals surface area contributed by atoms with Crippen molar-refractivity contribution in [3.8, 4) is 0 Å². The maximum Gasteiger partial charge on any atom is 0.278 e. The summed E-state index contributed by atoms with van der Waals surface area (Å²) in [4.78, 5) is 0. The third-order valence-electron chi connectivity index (χ3n) is 9.80. The van der Waals surface area contributed by atoms with Gasteiger partial charge in [0.15, 0.2) is 16.6 Å². The van der Waals surface area contributed by atoms with E-state index in [-0.39, 0.29) is 11.5 Å². The van der Waals surface area contributed by atoms with Gasteiger partial charge in [0.1, 0.15) is 0 Å². The number of hydrogen-bond donors (Lipinski definition) is 0. The zero-order valence-electron chi connectivity index (χ0n) is 24.8. The number of oxime groups is 1. The predicted molar refractivity (Wildman–Crippen MR) is 155 cm³/mol. The van der Waals surface area contributed by atoms with Crippen LogP contribution in [-0.4, -0.2) is 42.9 Å². The molecule has 0 radical (unpaired) electrons. The number of nitrogens with zero attached hydrogens (tertiary/aromatic N) is 1. The third kappa shape index (κ3) is 5.89. The van der Waals surface area contributed by atoms with E-state index in [0.717, 1.165) is 24.2 Å². The molecule has 0 N–H and O–H groups in total. The zero-order valence-corrected chi connectivity index (χ0v) is 27.8. The molecular weight excluding hydrogens is 483 g/mol. The molecule has 0 aliphatic heterocycles. The van der Waals surface area contributed by atoms with Gasteiger partial charge in [0.25, 0.3) is 8.32 Å². The van der Waals surface area contributed by atoms with Gasteiger partial charge in [0.05, 0.1) is 11.8 Å². The van der Waals surface area contributed by atoms with E-state index < -0.39 is 25.0 Å². The molecule has 4 aliphatic rings. The molecule has 0 aromatic carbocycles. The quantitative estimate of drug-likeness (QED) is 0.253. The first-order valence-electron chi connectivity index (χ1n) is 14.5. The molecule has 4 fully saturated rings. The lowest BCUT2D eigenvalue weighted by Crippen LogP contribution is -2.54. The van der Waals surface area contributed by atoms with Crippen molar-refractivity contribution < 1.29 is 13.4 Å². The number of hydrogen-bond acceptors (Lipinski definition) is 4. The van der Waals surface area contributed by atoms with Crippen LogP contribution in [0.25, 0.3) is 0 Å². The van der Waals surface area contributed by atoms with Crippen LogP contribution in [0.15, 0.2) is 5.16 Å². The minimum Gasteiger partial charge on any atom is -0.456 e. The van der Waals surface area contributed by atoms with Gasteiger partial charge in [-0.25, -0.2) is 0 Å². The predicted octanol–water partition coefficient (Wildman–Crippen LogP) is 8.29. The zero-order chi connectivity index (χ0) is 26.0. The Kier molecular flexibility index (Phi) is 7.50. The fourth-order valence-corrected chi connectivity index (χ4v) is 11.1. The normalized spacial score (nSPS) is 43.5. The van der Waals surface area contributed by atoms with E-state index in [4.69, 9.17) is 18.5 Å². The fraction of sp³-hybridized carbons (Fsp3) is 0.964. The van der Waals surface area contributed by atoms with Crippen LogP contribution in [0.5, 0.6) is 0 Å². The summed E-state index contributed by atoms with van der Waals surface area (Å²) in [6, 6.07) is 0. The van der Waals surface area contributed by atoms with Gasteiger partial charge in [-0.2, -0.15) is 0 Å². The first kappa shape index (κ1) is 28.1. The molecule has 0 amide bonds. The molecule has 3 unspecified atom stereocenters. The van der Waals surface area contributed by atoms with E-state index in [9.17, 15) is 0 Å². The standard InChI is InChI=1S/C28H55NO3Si3/c1-27-16-14-21(30-33(3,4)5)18-20(27)12-13-22-23(27)15-17-28(2)24(22)19-25(31-34(6,7)8)26(28)29-32-35(9,10)11/h20-25H,12-19H2,1-11H3/b29-26+/t20-,21+,22?,23?,24?,25+,27-,28-/m0/s1. The van der Waals surface area contributed by atoms with Gasteiger partial charge >= 0.3 is 0 Å². The van der Waals surface area contributed by atoms with Crippen molar-refractivity contribution in [3.05, 3.63) is 0 Å². The molecule has 4 aliphatic carbocycles. The van der Waals surface area contributed by atoms with Gasteiger partial charge < -0.3 is 13.4 Å². The molecule has 7 heteroatoms. The summed E-state index contributed by atoms with van der Waals surface area (Å²) in [6.45, 7) is 25.9. The summed E-state index contributed by atoms with van der Waals surface area (Å²) in [6.07, 6.45) is 11.1. The van der Waals surface area contributed by atoms with E-state index in [1.54, 1.807) is 0 Å². The van der Waals surface area contributed by atoms with Crippen molar-refractivity contribution in [3.63, 3.8) is 0 Å². The van der Waals surface area contributed by atoms with Gasteiger partial charge in [-0.15, -0.1) is 5.16 Å². The lowest BCUT2D eigenvalue weighted by Gasteiger charge is -2.60. The van der Waals surface area contributed by atoms with Crippen molar-refractivity contribution in [1.82, 2.24) is 0 Å². The van der Waals surface area contributed by atoms with Crippen LogP contribution in [0.4, 0.5) is 0 Å². The van der Waals surface area contributed by atoms with Crippen molar-refractivity contribution >= 4 is 30.7 Å². The number of rotatable bonds is 6. The van der Waals surface area contributed by atoms with E-state index in [2.05, 4.69) is 72.8 Å². The van der Waals surface area contributed by atoms with E-state index in [1.807, 2.05) is 0 Å². The molecule has 0 heterocycles. The topological polar surface area (TPSA) is 40.0 Å². The second kappa shape index (κ2) is 9.35. The Morgan fingerprint density at radius 1 is 0.714 bits per heavy atom. The van der Waals surface area contributed by atoms with E-state index in [0.29, 0.717) is 17.4 Å². The fourth-order valence-electron chi connectivity index (χ4n) is 8.49. The Morgan fingerprint density at radius 3 is 1.97 bits per heavy atom. The highest BCUT2D eigenvalue weighted by Crippen LogP contribution is 2.66. The second-order valence-corrected chi connectivity index (χ2v) is 29.2. The highest BCUT2D eigenvalue weighted by atomic mass is 28.4. The maximum absolute atomic E-state index is 6.84. The Balaban J connectivity index is 1.58. The van der Waals surface area contributed by atoms with Crippen molar-refractivity contribution in [1.29, 1.82) is 0 Å². The summed E-state index contributed by atoms with van der Waals surface area (Å²) in [5.74, 6) is 3.16. The SMILES string of the molecule is C[C@]12CCC3C(CC[C@H]4C[C@H](O[Si](C)(C)C)CC[C@]34C)C1C[C@@H](O[Si](C)(C)C)/C2=N\O[Si](C)(C)C. The molecular formula is C28H55NO3Si3. The molecule has 0 spiro atoms. The van der Waals surface area contributed by atoms with Gasteiger partial charge in [-0.3, -0.25) is 0 Å². The van der Waals surface area contributed by atoms with Crippen LogP contribution in [0, 0.1) is 34.5 Å². The smallest absolute Gasteiger partial charge is 0.278 e. The Hall–Kier alpha value is 0.0406. The summed E-state index contributed by atoms with van der Waals surface area (Å²) < 4.78 is 19.7. The van der Waals surface area contributed by atoms with Gasteiger partial charge in [0, 0.05) is 11.5 Å². The van der Waals surface area contributed by atoms with Crippen LogP contribution < -0.4 is 0 Å². The minimum absolute atomic E-state index is 0.131. The first-order valence-corrected chi connectivity index (χ1v) is 24.8. The molecule has 0 aromatic heterocycles. The molecule has 4 saturated carbocycles. The maximum atomic E-state index is 6.84. The largest absolute Gasteiger partial charge is 0.456 e. The molecule has 202 valence electrons. The summed E-state index contributed by atoms with van der Waals surface area (Å²) >= 11 is 0. The van der Waals surface area contributed by atoms with Crippen molar-refractivity contribution in [2.45, 2.75) is 136 Å². The molecule has 35 heavy (non-hydrogen) atoms. The average molecular weight is 538 g/mol. The van der Waals surface area contributed by atoms with Crippen LogP contribution in [0.1, 0.15) is 65.2 Å². The third-order valence-corrected chi connectivity index (χ3v) is 12.5. The van der Waals surface area contributed by atoms with Gasteiger partial charge in [-0.05, 0) is 139 Å². The van der Waals surface area contributed by atoms with E-state index >= 15 is 0 Å². The Morgan fingerprint density at radius 2 is 1.37 bits per heavy atom. The Bertz CT molecular complexity index is 814. The lowest BCUT2D eigenvalue weighted by molar-refractivity contribution is -0.112. The van der Waals surface area contributed by atoms with Gasteiger partial charge in [-0.1, -0.05) is 13.8 Å². The van der Waals surface area contributed by atoms with Crippen LogP contribution in [0.2, 0.25) is 58.9 Å². The monoisotopic (exact) mass is 537 g/mol. The number of fused-ring (bicyclic) bond motifs is 5. The highest BCUT2D eigenvalue weighted by Gasteiger charge is 2.62. The highest BCUT2D eigenvalue weighted by molar-refractivity contribution is 6.70. The summed E-state index contributed by atoms with van der Waals surface area (Å²) in [5, 5.41) is 4.96. The first-order chi connectivity index (χ1) is 15.9. The van der Waals surface area contributed by atoms with Crippen molar-refractivity contribution in [2.75, 3.05) is 0 Å². The summed E-state index contributed by atoms with van der Waals surface area (Å²) in [7, 11) is -4.90. The average Bonchev–Trinajstić information content (AvgIpc) is 2.94. The van der Waals surface area contributed by atoms with Gasteiger partial charge in [0.2, 0.25) is 0 Å². The Labute approximate surface area is 219 Å². The molecule has 4 rings (SSSR count). The molecule has 0 bridgehead atoms. The summed E-state index contributed by atoms with van der Waals surface area (Å²) in [5.41, 5.74) is 1.87. The second-order valence-electron chi connectivity index (χ2n) is 15.9. The molecule has 0 saturated heterocycles. The van der Waals surface area contributed by atoms with E-state index in [1.165, 1.54) is 50.7 Å². The van der Waals surface area contributed by atoms with Crippen LogP contribution in [0.3, 0.4) is 0 Å². The van der Waals surface area contributed by atoms with Crippen LogP contribution >= 0.6 is 0 Å². The van der Waals surface area contributed by atoms with Crippen molar-refractivity contribution in [2.24, 2.45) is 39.7 Å². The molecule has 8 atom stereocenters.